The van der Waals surface area contributed by atoms with E-state index < -0.39 is 0 Å². The summed E-state index contributed by atoms with van der Waals surface area (Å²) < 4.78 is 13.1. The summed E-state index contributed by atoms with van der Waals surface area (Å²) >= 11 is 0. The van der Waals surface area contributed by atoms with E-state index in [4.69, 9.17) is 13.8 Å². The van der Waals surface area contributed by atoms with Gasteiger partial charge in [0.05, 0.1) is 16.8 Å². The van der Waals surface area contributed by atoms with E-state index in [2.05, 4.69) is 132 Å². The Hall–Kier alpha value is -6.91. The molecule has 0 aliphatic heterocycles. The summed E-state index contributed by atoms with van der Waals surface area (Å²) in [6, 6.07) is 63.3. The van der Waals surface area contributed by atoms with E-state index in [1.807, 2.05) is 54.6 Å². The Balaban J connectivity index is 1.31. The fourth-order valence-corrected chi connectivity index (χ4v) is 7.34. The summed E-state index contributed by atoms with van der Waals surface area (Å²) in [4.78, 5) is 7.59. The molecule has 0 aliphatic rings. The maximum Gasteiger partial charge on any atom is 0.227 e. The molecule has 0 aliphatic carbocycles. The second kappa shape index (κ2) is 11.9. The first-order valence-electron chi connectivity index (χ1n) is 17.1. The van der Waals surface area contributed by atoms with E-state index >= 15 is 0 Å². The van der Waals surface area contributed by atoms with Crippen molar-refractivity contribution in [3.63, 3.8) is 0 Å². The summed E-state index contributed by atoms with van der Waals surface area (Å²) in [6.07, 6.45) is 0. The molecule has 0 amide bonds. The van der Waals surface area contributed by atoms with Crippen LogP contribution in [-0.4, -0.2) is 4.98 Å². The first-order chi connectivity index (χ1) is 25.3. The molecule has 2 heterocycles. The van der Waals surface area contributed by atoms with Gasteiger partial charge in [0.1, 0.15) is 16.7 Å². The molecule has 0 fully saturated rings. The lowest BCUT2D eigenvalue weighted by molar-refractivity contribution is 0.617. The second-order valence-corrected chi connectivity index (χ2v) is 12.7. The SMILES string of the molecule is c1ccc(-c2ccc(N(c3ccc(-c4ccccc4)c4ccccc34)c3c4nc(-c5ccccc5)oc4cc4oc5ccccc5c34)cc2)cc1. The number of rotatable bonds is 6. The Bertz CT molecular complexity index is 2840. The summed E-state index contributed by atoms with van der Waals surface area (Å²) in [5.74, 6) is 0.562. The molecule has 0 atom stereocenters. The van der Waals surface area contributed by atoms with E-state index in [9.17, 15) is 0 Å². The van der Waals surface area contributed by atoms with Gasteiger partial charge in [0.15, 0.2) is 5.58 Å². The van der Waals surface area contributed by atoms with Gasteiger partial charge in [-0.25, -0.2) is 4.98 Å². The zero-order valence-electron chi connectivity index (χ0n) is 27.5. The van der Waals surface area contributed by atoms with Crippen molar-refractivity contribution in [3.8, 4) is 33.7 Å². The van der Waals surface area contributed by atoms with Crippen molar-refractivity contribution < 1.29 is 8.83 Å². The van der Waals surface area contributed by atoms with Gasteiger partial charge in [-0.15, -0.1) is 0 Å². The third-order valence-electron chi connectivity index (χ3n) is 9.70. The third-order valence-corrected chi connectivity index (χ3v) is 9.70. The van der Waals surface area contributed by atoms with E-state index in [1.54, 1.807) is 0 Å². The molecule has 4 nitrogen and oxygen atoms in total. The summed E-state index contributed by atoms with van der Waals surface area (Å²) in [5.41, 5.74) is 11.5. The molecule has 10 rings (SSSR count). The van der Waals surface area contributed by atoms with E-state index in [1.165, 1.54) is 16.7 Å². The number of benzene rings is 8. The fourth-order valence-electron chi connectivity index (χ4n) is 7.34. The predicted molar refractivity (Wildman–Crippen MR) is 210 cm³/mol. The molecule has 51 heavy (non-hydrogen) atoms. The van der Waals surface area contributed by atoms with E-state index in [0.29, 0.717) is 11.5 Å². The first-order valence-corrected chi connectivity index (χ1v) is 17.1. The van der Waals surface area contributed by atoms with Crippen LogP contribution in [0.4, 0.5) is 17.1 Å². The topological polar surface area (TPSA) is 42.4 Å². The zero-order chi connectivity index (χ0) is 33.7. The third kappa shape index (κ3) is 4.88. The van der Waals surface area contributed by atoms with Crippen molar-refractivity contribution in [1.29, 1.82) is 0 Å². The first kappa shape index (κ1) is 29.0. The molecule has 0 N–H and O–H groups in total. The number of nitrogens with zero attached hydrogens (tertiary/aromatic N) is 2. The molecule has 4 heteroatoms. The van der Waals surface area contributed by atoms with Crippen LogP contribution in [0.25, 0.3) is 77.5 Å². The molecule has 0 unspecified atom stereocenters. The highest BCUT2D eigenvalue weighted by Crippen LogP contribution is 2.50. The fraction of sp³-hybridized carbons (Fsp3) is 0. The van der Waals surface area contributed by atoms with Crippen LogP contribution in [0.1, 0.15) is 0 Å². The van der Waals surface area contributed by atoms with Gasteiger partial charge in [-0.05, 0) is 64.0 Å². The average Bonchev–Trinajstić information content (AvgIpc) is 3.80. The van der Waals surface area contributed by atoms with Crippen LogP contribution in [-0.2, 0) is 0 Å². The number of fused-ring (bicyclic) bond motifs is 5. The minimum atomic E-state index is 0.562. The van der Waals surface area contributed by atoms with E-state index in [0.717, 1.165) is 66.4 Å². The summed E-state index contributed by atoms with van der Waals surface area (Å²) in [7, 11) is 0. The predicted octanol–water partition coefficient (Wildman–Crippen LogP) is 13.4. The molecule has 0 radical (unpaired) electrons. The van der Waals surface area contributed by atoms with Crippen molar-refractivity contribution in [3.05, 3.63) is 182 Å². The lowest BCUT2D eigenvalue weighted by atomic mass is 9.96. The Morgan fingerprint density at radius 1 is 0.412 bits per heavy atom. The van der Waals surface area contributed by atoms with Crippen LogP contribution in [0.15, 0.2) is 191 Å². The van der Waals surface area contributed by atoms with Gasteiger partial charge in [-0.2, -0.15) is 0 Å². The van der Waals surface area contributed by atoms with Crippen molar-refractivity contribution in [2.45, 2.75) is 0 Å². The lowest BCUT2D eigenvalue weighted by Crippen LogP contribution is -2.12. The molecule has 8 aromatic carbocycles. The molecule has 240 valence electrons. The number of furan rings is 1. The molecule has 2 aromatic heterocycles. The standard InChI is InChI=1S/C47H30N2O2/c1-4-14-31(15-5-1)32-24-26-35(27-25-32)49(40-29-28-36(33-16-6-2-7-17-33)37-20-10-11-21-38(37)40)46-44-39-22-12-13-23-41(39)50-42(44)30-43-45(46)48-47(51-43)34-18-8-3-9-19-34/h1-30H. The van der Waals surface area contributed by atoms with Gasteiger partial charge < -0.3 is 13.7 Å². The minimum absolute atomic E-state index is 0.562. The highest BCUT2D eigenvalue weighted by atomic mass is 16.4. The van der Waals surface area contributed by atoms with Crippen LogP contribution in [0, 0.1) is 0 Å². The number of aromatic nitrogens is 1. The van der Waals surface area contributed by atoms with E-state index in [-0.39, 0.29) is 0 Å². The highest BCUT2D eigenvalue weighted by molar-refractivity contribution is 6.21. The second-order valence-electron chi connectivity index (χ2n) is 12.7. The number of para-hydroxylation sites is 1. The normalized spacial score (nSPS) is 11.5. The number of oxazole rings is 1. The van der Waals surface area contributed by atoms with Gasteiger partial charge in [0.2, 0.25) is 5.89 Å². The van der Waals surface area contributed by atoms with Crippen LogP contribution in [0.2, 0.25) is 0 Å². The zero-order valence-corrected chi connectivity index (χ0v) is 27.5. The molecule has 0 bridgehead atoms. The Kier molecular flexibility index (Phi) is 6.78. The van der Waals surface area contributed by atoms with Gasteiger partial charge in [-0.1, -0.05) is 140 Å². The van der Waals surface area contributed by atoms with Crippen molar-refractivity contribution in [2.75, 3.05) is 4.90 Å². The monoisotopic (exact) mass is 654 g/mol. The van der Waals surface area contributed by atoms with Crippen molar-refractivity contribution >= 4 is 60.9 Å². The number of hydrogen-bond donors (Lipinski definition) is 0. The Labute approximate surface area is 294 Å². The smallest absolute Gasteiger partial charge is 0.227 e. The maximum absolute atomic E-state index is 6.57. The molecular formula is C47H30N2O2. The van der Waals surface area contributed by atoms with Gasteiger partial charge in [-0.3, -0.25) is 0 Å². The van der Waals surface area contributed by atoms with Crippen LogP contribution < -0.4 is 4.90 Å². The summed E-state index contributed by atoms with van der Waals surface area (Å²) in [6.45, 7) is 0. The van der Waals surface area contributed by atoms with Crippen LogP contribution in [0.3, 0.4) is 0 Å². The number of hydrogen-bond acceptors (Lipinski definition) is 4. The van der Waals surface area contributed by atoms with Gasteiger partial charge in [0.25, 0.3) is 0 Å². The van der Waals surface area contributed by atoms with Crippen molar-refractivity contribution in [1.82, 2.24) is 4.98 Å². The Morgan fingerprint density at radius 2 is 1.00 bits per heavy atom. The number of anilines is 3. The Morgan fingerprint density at radius 3 is 1.73 bits per heavy atom. The molecule has 0 spiro atoms. The molecule has 10 aromatic rings. The molecule has 0 saturated carbocycles. The average molecular weight is 655 g/mol. The van der Waals surface area contributed by atoms with Crippen LogP contribution in [0.5, 0.6) is 0 Å². The molecular weight excluding hydrogens is 625 g/mol. The van der Waals surface area contributed by atoms with Gasteiger partial charge >= 0.3 is 0 Å². The maximum atomic E-state index is 6.57. The largest absolute Gasteiger partial charge is 0.456 e. The molecule has 0 saturated heterocycles. The van der Waals surface area contributed by atoms with Crippen LogP contribution >= 0.6 is 0 Å². The van der Waals surface area contributed by atoms with Gasteiger partial charge in [0, 0.05) is 28.1 Å². The highest BCUT2D eigenvalue weighted by Gasteiger charge is 2.27. The summed E-state index contributed by atoms with van der Waals surface area (Å²) in [5, 5.41) is 4.28. The lowest BCUT2D eigenvalue weighted by Gasteiger charge is -2.28. The van der Waals surface area contributed by atoms with Crippen molar-refractivity contribution in [2.24, 2.45) is 0 Å². The quantitative estimate of drug-likeness (QED) is 0.179. The minimum Gasteiger partial charge on any atom is -0.456 e.